The number of Topliss-reactive ketones (excluding diaryl/α,β-unsaturated/α-hetero) is 1. The van der Waals surface area contributed by atoms with Crippen LogP contribution < -0.4 is 0 Å². The largest absolute Gasteiger partial charge is 0.336 e. The number of rotatable bonds is 3. The normalized spacial score (nSPS) is 10.5. The molecule has 0 aliphatic rings. The topological polar surface area (TPSA) is 52.7 Å². The molecule has 2 heterocycles. The molecule has 5 heteroatoms. The Morgan fingerprint density at radius 3 is 2.80 bits per heavy atom. The lowest BCUT2D eigenvalue weighted by Gasteiger charge is -2.01. The Hall–Kier alpha value is -1.91. The molecule has 0 aliphatic carbocycles. The zero-order valence-corrected chi connectivity index (χ0v) is 8.71. The summed E-state index contributed by atoms with van der Waals surface area (Å²) in [7, 11) is 1.93. The van der Waals surface area contributed by atoms with Gasteiger partial charge in [0, 0.05) is 13.2 Å². The molecule has 0 unspecified atom stereocenters. The van der Waals surface area contributed by atoms with Crippen molar-refractivity contribution < 1.29 is 4.79 Å². The van der Waals surface area contributed by atoms with E-state index in [2.05, 4.69) is 10.1 Å². The molecule has 15 heavy (non-hydrogen) atoms. The fraction of sp³-hybridized carbons (Fsp3) is 0.300. The maximum absolute atomic E-state index is 11.1. The summed E-state index contributed by atoms with van der Waals surface area (Å²) in [6, 6.07) is 0. The van der Waals surface area contributed by atoms with E-state index in [0.29, 0.717) is 12.1 Å². The van der Waals surface area contributed by atoms with Crippen molar-refractivity contribution in [2.45, 2.75) is 13.5 Å². The lowest BCUT2D eigenvalue weighted by atomic mass is 10.3. The summed E-state index contributed by atoms with van der Waals surface area (Å²) >= 11 is 0. The summed E-state index contributed by atoms with van der Waals surface area (Å²) in [6.07, 6.45) is 6.86. The third-order valence-corrected chi connectivity index (χ3v) is 2.28. The number of carbonyl (C=O) groups excluding carboxylic acids is 1. The van der Waals surface area contributed by atoms with E-state index in [-0.39, 0.29) is 5.78 Å². The van der Waals surface area contributed by atoms with Crippen molar-refractivity contribution in [3.63, 3.8) is 0 Å². The number of aryl methyl sites for hydroxylation is 1. The summed E-state index contributed by atoms with van der Waals surface area (Å²) in [5.74, 6) is 0.0336. The van der Waals surface area contributed by atoms with Crippen LogP contribution in [0.1, 0.15) is 23.0 Å². The van der Waals surface area contributed by atoms with E-state index in [1.165, 1.54) is 6.92 Å². The molecular weight excluding hydrogens is 192 g/mol. The Morgan fingerprint density at radius 2 is 2.27 bits per heavy atom. The smallest absolute Gasteiger partial charge is 0.162 e. The van der Waals surface area contributed by atoms with Crippen LogP contribution in [0.5, 0.6) is 0 Å². The Morgan fingerprint density at radius 1 is 1.47 bits per heavy atom. The quantitative estimate of drug-likeness (QED) is 0.697. The molecule has 0 N–H and O–H groups in total. The van der Waals surface area contributed by atoms with Crippen LogP contribution in [0.25, 0.3) is 0 Å². The van der Waals surface area contributed by atoms with Crippen molar-refractivity contribution in [3.05, 3.63) is 36.2 Å². The van der Waals surface area contributed by atoms with Gasteiger partial charge in [-0.15, -0.1) is 0 Å². The third-order valence-electron chi connectivity index (χ3n) is 2.28. The minimum atomic E-state index is 0.0336. The van der Waals surface area contributed by atoms with Crippen LogP contribution in [0, 0.1) is 0 Å². The Bertz CT molecular complexity index is 483. The zero-order chi connectivity index (χ0) is 10.8. The predicted octanol–water partition coefficient (Wildman–Crippen LogP) is 0.867. The average molecular weight is 204 g/mol. The van der Waals surface area contributed by atoms with Gasteiger partial charge in [0.2, 0.25) is 0 Å². The van der Waals surface area contributed by atoms with Gasteiger partial charge in [0.15, 0.2) is 5.78 Å². The molecule has 2 rings (SSSR count). The third kappa shape index (κ3) is 1.96. The summed E-state index contributed by atoms with van der Waals surface area (Å²) in [6.45, 7) is 2.16. The van der Waals surface area contributed by atoms with E-state index in [9.17, 15) is 4.79 Å². The Balaban J connectivity index is 2.18. The van der Waals surface area contributed by atoms with Crippen LogP contribution >= 0.6 is 0 Å². The lowest BCUT2D eigenvalue weighted by molar-refractivity contribution is 0.101. The van der Waals surface area contributed by atoms with Crippen LogP contribution in [0.15, 0.2) is 24.9 Å². The second-order valence-corrected chi connectivity index (χ2v) is 3.48. The van der Waals surface area contributed by atoms with Gasteiger partial charge in [-0.05, 0) is 6.92 Å². The second kappa shape index (κ2) is 3.68. The van der Waals surface area contributed by atoms with Gasteiger partial charge < -0.3 is 4.57 Å². The Kier molecular flexibility index (Phi) is 2.37. The van der Waals surface area contributed by atoms with Gasteiger partial charge in [-0.2, -0.15) is 5.10 Å². The van der Waals surface area contributed by atoms with Gasteiger partial charge in [0.1, 0.15) is 0 Å². The highest BCUT2D eigenvalue weighted by molar-refractivity contribution is 5.93. The summed E-state index contributed by atoms with van der Waals surface area (Å²) in [4.78, 5) is 15.1. The molecule has 0 aliphatic heterocycles. The van der Waals surface area contributed by atoms with Crippen molar-refractivity contribution in [3.8, 4) is 0 Å². The fourth-order valence-electron chi connectivity index (χ4n) is 1.33. The lowest BCUT2D eigenvalue weighted by Crippen LogP contribution is -2.04. The summed E-state index contributed by atoms with van der Waals surface area (Å²) in [5.41, 5.74) is 1.69. The molecule has 5 nitrogen and oxygen atoms in total. The number of hydrogen-bond donors (Lipinski definition) is 0. The van der Waals surface area contributed by atoms with Crippen LogP contribution in [0.3, 0.4) is 0 Å². The van der Waals surface area contributed by atoms with Gasteiger partial charge >= 0.3 is 0 Å². The molecule has 0 bridgehead atoms. The highest BCUT2D eigenvalue weighted by Gasteiger charge is 2.04. The minimum absolute atomic E-state index is 0.0336. The molecule has 0 aromatic carbocycles. The first-order chi connectivity index (χ1) is 7.16. The molecule has 78 valence electrons. The van der Waals surface area contributed by atoms with Crippen LogP contribution in [0.2, 0.25) is 0 Å². The van der Waals surface area contributed by atoms with Crippen molar-refractivity contribution in [2.75, 3.05) is 0 Å². The highest BCUT2D eigenvalue weighted by Crippen LogP contribution is 2.03. The van der Waals surface area contributed by atoms with Crippen molar-refractivity contribution in [1.82, 2.24) is 19.3 Å². The van der Waals surface area contributed by atoms with Gasteiger partial charge in [0.25, 0.3) is 0 Å². The van der Waals surface area contributed by atoms with Gasteiger partial charge in [0.05, 0.1) is 36.5 Å². The van der Waals surface area contributed by atoms with E-state index in [4.69, 9.17) is 0 Å². The molecule has 0 radical (unpaired) electrons. The van der Waals surface area contributed by atoms with Crippen LogP contribution in [-0.2, 0) is 13.6 Å². The number of aromatic nitrogens is 4. The fourth-order valence-corrected chi connectivity index (χ4v) is 1.33. The molecule has 2 aromatic heterocycles. The standard InChI is InChI=1S/C10H12N4O/c1-8(15)9-3-12-14(5-9)6-10-4-11-7-13(10)2/h3-5,7H,6H2,1-2H3. The second-order valence-electron chi connectivity index (χ2n) is 3.48. The van der Waals surface area contributed by atoms with Gasteiger partial charge in [-0.25, -0.2) is 4.98 Å². The molecule has 0 saturated heterocycles. The average Bonchev–Trinajstić information content (AvgIpc) is 2.77. The SMILES string of the molecule is CC(=O)c1cnn(Cc2cncn2C)c1. The van der Waals surface area contributed by atoms with Crippen molar-refractivity contribution >= 4 is 5.78 Å². The van der Waals surface area contributed by atoms with E-state index < -0.39 is 0 Å². The first-order valence-corrected chi connectivity index (χ1v) is 4.65. The van der Waals surface area contributed by atoms with E-state index in [0.717, 1.165) is 5.69 Å². The molecule has 2 aromatic rings. The monoisotopic (exact) mass is 204 g/mol. The number of ketones is 1. The first-order valence-electron chi connectivity index (χ1n) is 4.65. The highest BCUT2D eigenvalue weighted by atomic mass is 16.1. The maximum atomic E-state index is 11.1. The van der Waals surface area contributed by atoms with Crippen molar-refractivity contribution in [1.29, 1.82) is 0 Å². The first kappa shape index (κ1) is 9.64. The molecule has 0 saturated carbocycles. The van der Waals surface area contributed by atoms with E-state index in [1.807, 2.05) is 11.6 Å². The molecule has 0 spiro atoms. The zero-order valence-electron chi connectivity index (χ0n) is 8.71. The van der Waals surface area contributed by atoms with E-state index >= 15 is 0 Å². The van der Waals surface area contributed by atoms with E-state index in [1.54, 1.807) is 29.6 Å². The number of hydrogen-bond acceptors (Lipinski definition) is 3. The van der Waals surface area contributed by atoms with Crippen LogP contribution in [0.4, 0.5) is 0 Å². The maximum Gasteiger partial charge on any atom is 0.162 e. The molecule has 0 atom stereocenters. The molecule has 0 amide bonds. The van der Waals surface area contributed by atoms with Gasteiger partial charge in [-0.1, -0.05) is 0 Å². The molecular formula is C10H12N4O. The predicted molar refractivity (Wildman–Crippen MR) is 54.5 cm³/mol. The number of imidazole rings is 1. The number of nitrogens with zero attached hydrogens (tertiary/aromatic N) is 4. The molecule has 0 fully saturated rings. The van der Waals surface area contributed by atoms with Gasteiger partial charge in [-0.3, -0.25) is 9.48 Å². The summed E-state index contributed by atoms with van der Waals surface area (Å²) < 4.78 is 3.66. The summed E-state index contributed by atoms with van der Waals surface area (Å²) in [5, 5.41) is 4.11. The van der Waals surface area contributed by atoms with Crippen molar-refractivity contribution in [2.24, 2.45) is 7.05 Å². The van der Waals surface area contributed by atoms with Crippen LogP contribution in [-0.4, -0.2) is 25.1 Å². The number of carbonyl (C=O) groups is 1. The minimum Gasteiger partial charge on any atom is -0.336 e. The Labute approximate surface area is 87.4 Å².